The maximum atomic E-state index is 11.8. The van der Waals surface area contributed by atoms with Crippen LogP contribution in [0.3, 0.4) is 0 Å². The first-order chi connectivity index (χ1) is 8.66. The highest BCUT2D eigenvalue weighted by Crippen LogP contribution is 2.04. The van der Waals surface area contributed by atoms with Gasteiger partial charge in [0.1, 0.15) is 6.04 Å². The Morgan fingerprint density at radius 2 is 1.53 bits per heavy atom. The molecule has 0 rings (SSSR count). The Kier molecular flexibility index (Phi) is 7.06. The van der Waals surface area contributed by atoms with Crippen molar-refractivity contribution in [2.45, 2.75) is 39.8 Å². The third kappa shape index (κ3) is 6.19. The van der Waals surface area contributed by atoms with Gasteiger partial charge in [-0.3, -0.25) is 14.4 Å². The van der Waals surface area contributed by atoms with E-state index in [1.165, 1.54) is 0 Å². The fourth-order valence-corrected chi connectivity index (χ4v) is 1.37. The van der Waals surface area contributed by atoms with E-state index in [1.54, 1.807) is 13.8 Å². The molecule has 110 valence electrons. The van der Waals surface area contributed by atoms with E-state index in [9.17, 15) is 14.4 Å². The third-order valence-corrected chi connectivity index (χ3v) is 2.70. The third-order valence-electron chi connectivity index (χ3n) is 2.70. The van der Waals surface area contributed by atoms with Crippen molar-refractivity contribution in [1.29, 1.82) is 0 Å². The summed E-state index contributed by atoms with van der Waals surface area (Å²) < 4.78 is 0. The zero-order chi connectivity index (χ0) is 15.2. The molecule has 0 fully saturated rings. The standard InChI is InChI=1S/C12H24N4O3/c1-6(2)9(14)11(18)16-10(7(3)4)12(19)15-5-8(13)17/h6-7,9-10H,5,14H2,1-4H3,(H2,13,17)(H,15,19)(H,16,18)/t9-,10-/m0/s1. The molecule has 0 unspecified atom stereocenters. The van der Waals surface area contributed by atoms with Crippen LogP contribution in [0.5, 0.6) is 0 Å². The largest absolute Gasteiger partial charge is 0.368 e. The van der Waals surface area contributed by atoms with Crippen LogP contribution < -0.4 is 22.1 Å². The number of hydrogen-bond acceptors (Lipinski definition) is 4. The highest BCUT2D eigenvalue weighted by molar-refractivity contribution is 5.91. The van der Waals surface area contributed by atoms with Crippen molar-refractivity contribution in [3.63, 3.8) is 0 Å². The van der Waals surface area contributed by atoms with Crippen molar-refractivity contribution in [2.24, 2.45) is 23.3 Å². The number of hydrogen-bond donors (Lipinski definition) is 4. The number of primary amides is 1. The monoisotopic (exact) mass is 272 g/mol. The second-order valence-corrected chi connectivity index (χ2v) is 5.18. The van der Waals surface area contributed by atoms with Gasteiger partial charge in [0.25, 0.3) is 0 Å². The quantitative estimate of drug-likeness (QED) is 0.460. The molecule has 19 heavy (non-hydrogen) atoms. The minimum atomic E-state index is -0.739. The minimum Gasteiger partial charge on any atom is -0.368 e. The Morgan fingerprint density at radius 3 is 1.89 bits per heavy atom. The maximum absolute atomic E-state index is 11.8. The van der Waals surface area contributed by atoms with E-state index in [1.807, 2.05) is 13.8 Å². The van der Waals surface area contributed by atoms with Crippen LogP contribution in [0.25, 0.3) is 0 Å². The second kappa shape index (κ2) is 7.73. The van der Waals surface area contributed by atoms with E-state index in [0.717, 1.165) is 0 Å². The molecule has 0 aliphatic carbocycles. The number of amides is 3. The van der Waals surface area contributed by atoms with Crippen LogP contribution in [0, 0.1) is 11.8 Å². The lowest BCUT2D eigenvalue weighted by Gasteiger charge is -2.24. The lowest BCUT2D eigenvalue weighted by atomic mass is 10.0. The van der Waals surface area contributed by atoms with Crippen LogP contribution in [0.1, 0.15) is 27.7 Å². The Balaban J connectivity index is 4.61. The van der Waals surface area contributed by atoms with Crippen LogP contribution in [-0.2, 0) is 14.4 Å². The summed E-state index contributed by atoms with van der Waals surface area (Å²) in [6.07, 6.45) is 0. The van der Waals surface area contributed by atoms with Crippen LogP contribution in [0.4, 0.5) is 0 Å². The zero-order valence-electron chi connectivity index (χ0n) is 11.9. The highest BCUT2D eigenvalue weighted by atomic mass is 16.2. The van der Waals surface area contributed by atoms with E-state index >= 15 is 0 Å². The summed E-state index contributed by atoms with van der Waals surface area (Å²) in [5.41, 5.74) is 10.7. The van der Waals surface area contributed by atoms with Gasteiger partial charge < -0.3 is 22.1 Å². The number of carbonyl (C=O) groups is 3. The number of nitrogens with one attached hydrogen (secondary N) is 2. The zero-order valence-corrected chi connectivity index (χ0v) is 11.9. The molecule has 7 nitrogen and oxygen atoms in total. The average Bonchev–Trinajstić information content (AvgIpc) is 2.30. The average molecular weight is 272 g/mol. The Labute approximate surface area is 113 Å². The molecule has 0 saturated heterocycles. The molecule has 0 spiro atoms. The molecular weight excluding hydrogens is 248 g/mol. The van der Waals surface area contributed by atoms with Gasteiger partial charge in [0, 0.05) is 0 Å². The molecule has 7 heteroatoms. The second-order valence-electron chi connectivity index (χ2n) is 5.18. The molecule has 0 saturated carbocycles. The molecule has 2 atom stereocenters. The lowest BCUT2D eigenvalue weighted by molar-refractivity contribution is -0.131. The molecule has 0 bridgehead atoms. The van der Waals surface area contributed by atoms with Gasteiger partial charge in [0.2, 0.25) is 17.7 Å². The van der Waals surface area contributed by atoms with Crippen molar-refractivity contribution < 1.29 is 14.4 Å². The van der Waals surface area contributed by atoms with Gasteiger partial charge in [-0.1, -0.05) is 27.7 Å². The maximum Gasteiger partial charge on any atom is 0.243 e. The fraction of sp³-hybridized carbons (Fsp3) is 0.750. The first kappa shape index (κ1) is 17.4. The summed E-state index contributed by atoms with van der Waals surface area (Å²) in [4.78, 5) is 34.3. The van der Waals surface area contributed by atoms with Gasteiger partial charge in [-0.25, -0.2) is 0 Å². The predicted molar refractivity (Wildman–Crippen MR) is 71.8 cm³/mol. The van der Waals surface area contributed by atoms with Gasteiger partial charge in [-0.05, 0) is 11.8 Å². The molecule has 0 heterocycles. The summed E-state index contributed by atoms with van der Waals surface area (Å²) in [7, 11) is 0. The van der Waals surface area contributed by atoms with Crippen LogP contribution in [0.2, 0.25) is 0 Å². The van der Waals surface area contributed by atoms with Gasteiger partial charge in [-0.2, -0.15) is 0 Å². The van der Waals surface area contributed by atoms with Gasteiger partial charge in [0.05, 0.1) is 12.6 Å². The number of nitrogens with two attached hydrogens (primary N) is 2. The first-order valence-corrected chi connectivity index (χ1v) is 6.28. The van der Waals surface area contributed by atoms with Crippen molar-refractivity contribution in [3.8, 4) is 0 Å². The predicted octanol–water partition coefficient (Wildman–Crippen LogP) is -1.29. The van der Waals surface area contributed by atoms with E-state index in [4.69, 9.17) is 11.5 Å². The Morgan fingerprint density at radius 1 is 1.00 bits per heavy atom. The molecule has 3 amide bonds. The van der Waals surface area contributed by atoms with Crippen LogP contribution in [0.15, 0.2) is 0 Å². The molecule has 0 aliphatic heterocycles. The van der Waals surface area contributed by atoms with Gasteiger partial charge in [0.15, 0.2) is 0 Å². The van der Waals surface area contributed by atoms with Crippen molar-refractivity contribution in [2.75, 3.05) is 6.54 Å². The topological polar surface area (TPSA) is 127 Å². The Bertz CT molecular complexity index is 342. The van der Waals surface area contributed by atoms with E-state index in [-0.39, 0.29) is 24.3 Å². The molecule has 0 aliphatic rings. The summed E-state index contributed by atoms with van der Waals surface area (Å²) in [6, 6.07) is -1.41. The Hall–Kier alpha value is -1.63. The smallest absolute Gasteiger partial charge is 0.243 e. The number of carbonyl (C=O) groups excluding carboxylic acids is 3. The minimum absolute atomic E-state index is 0.0264. The van der Waals surface area contributed by atoms with E-state index in [0.29, 0.717) is 0 Å². The van der Waals surface area contributed by atoms with E-state index < -0.39 is 23.9 Å². The fourth-order valence-electron chi connectivity index (χ4n) is 1.37. The normalized spacial score (nSPS) is 14.1. The molecule has 0 radical (unpaired) electrons. The molecular formula is C12H24N4O3. The van der Waals surface area contributed by atoms with Crippen molar-refractivity contribution in [3.05, 3.63) is 0 Å². The molecule has 0 aromatic rings. The van der Waals surface area contributed by atoms with Crippen molar-refractivity contribution >= 4 is 17.7 Å². The summed E-state index contributed by atoms with van der Waals surface area (Å²) >= 11 is 0. The van der Waals surface area contributed by atoms with Gasteiger partial charge >= 0.3 is 0 Å². The van der Waals surface area contributed by atoms with Crippen LogP contribution in [-0.4, -0.2) is 36.3 Å². The summed E-state index contributed by atoms with van der Waals surface area (Å²) in [6.45, 7) is 6.96. The molecule has 0 aromatic carbocycles. The lowest BCUT2D eigenvalue weighted by Crippen LogP contribution is -2.55. The first-order valence-electron chi connectivity index (χ1n) is 6.28. The van der Waals surface area contributed by atoms with Crippen LogP contribution >= 0.6 is 0 Å². The van der Waals surface area contributed by atoms with Crippen molar-refractivity contribution in [1.82, 2.24) is 10.6 Å². The molecule has 0 aromatic heterocycles. The van der Waals surface area contributed by atoms with Gasteiger partial charge in [-0.15, -0.1) is 0 Å². The highest BCUT2D eigenvalue weighted by Gasteiger charge is 2.27. The summed E-state index contributed by atoms with van der Waals surface area (Å²) in [5.74, 6) is -1.63. The summed E-state index contributed by atoms with van der Waals surface area (Å²) in [5, 5.41) is 4.96. The number of rotatable bonds is 7. The van der Waals surface area contributed by atoms with E-state index in [2.05, 4.69) is 10.6 Å². The molecule has 6 N–H and O–H groups in total. The SMILES string of the molecule is CC(C)[C@H](N)C(=O)N[C@H](C(=O)NCC(N)=O)C(C)C.